The number of rotatable bonds is 1. The van der Waals surface area contributed by atoms with Gasteiger partial charge in [0.2, 0.25) is 0 Å². The van der Waals surface area contributed by atoms with E-state index in [4.69, 9.17) is 10.2 Å². The average Bonchev–Trinajstić information content (AvgIpc) is 2.65. The van der Waals surface area contributed by atoms with E-state index in [0.29, 0.717) is 23.9 Å². The van der Waals surface area contributed by atoms with Crippen LogP contribution < -0.4 is 11.1 Å². The summed E-state index contributed by atoms with van der Waals surface area (Å²) in [5, 5.41) is 3.42. The first-order valence-electron chi connectivity index (χ1n) is 4.40. The second kappa shape index (κ2) is 2.12. The Balaban J connectivity index is 1.87. The summed E-state index contributed by atoms with van der Waals surface area (Å²) in [7, 11) is 0. The molecule has 3 rings (SSSR count). The highest BCUT2D eigenvalue weighted by molar-refractivity contribution is 5.20. The molecule has 12 heavy (non-hydrogen) atoms. The predicted octanol–water partition coefficient (Wildman–Crippen LogP) is 0.497. The molecule has 1 aromatic rings. The van der Waals surface area contributed by atoms with Gasteiger partial charge in [0.15, 0.2) is 0 Å². The Morgan fingerprint density at radius 2 is 2.50 bits per heavy atom. The fraction of sp³-hybridized carbons (Fsp3) is 0.556. The van der Waals surface area contributed by atoms with Crippen molar-refractivity contribution in [2.75, 3.05) is 6.54 Å². The second-order valence-electron chi connectivity index (χ2n) is 3.72. The van der Waals surface area contributed by atoms with Crippen molar-refractivity contribution < 1.29 is 4.42 Å². The third kappa shape index (κ3) is 0.726. The van der Waals surface area contributed by atoms with Gasteiger partial charge >= 0.3 is 0 Å². The molecular formula is C9H12N2O. The molecule has 3 heteroatoms. The van der Waals surface area contributed by atoms with E-state index in [1.807, 2.05) is 12.1 Å². The summed E-state index contributed by atoms with van der Waals surface area (Å²) >= 11 is 0. The van der Waals surface area contributed by atoms with E-state index >= 15 is 0 Å². The fourth-order valence-electron chi connectivity index (χ4n) is 2.33. The summed E-state index contributed by atoms with van der Waals surface area (Å²) in [6.45, 7) is 1.05. The number of nitrogens with one attached hydrogen (secondary N) is 1. The molecule has 3 N–H and O–H groups in total. The minimum atomic E-state index is 0.375. The molecule has 2 heterocycles. The van der Waals surface area contributed by atoms with Crippen LogP contribution in [-0.2, 0) is 0 Å². The largest absolute Gasteiger partial charge is 0.468 e. The number of hydrogen-bond donors (Lipinski definition) is 2. The molecule has 1 saturated heterocycles. The lowest BCUT2D eigenvalue weighted by Crippen LogP contribution is -2.25. The molecule has 2 aliphatic rings. The maximum Gasteiger partial charge on any atom is 0.121 e. The average molecular weight is 164 g/mol. The minimum absolute atomic E-state index is 0.375. The van der Waals surface area contributed by atoms with Crippen LogP contribution in [-0.4, -0.2) is 12.6 Å². The third-order valence-corrected chi connectivity index (χ3v) is 3.10. The fourth-order valence-corrected chi connectivity index (χ4v) is 2.33. The van der Waals surface area contributed by atoms with Crippen LogP contribution in [0.2, 0.25) is 0 Å². The van der Waals surface area contributed by atoms with Crippen LogP contribution in [0.1, 0.15) is 11.8 Å². The Bertz CT molecular complexity index is 283. The van der Waals surface area contributed by atoms with Gasteiger partial charge in [-0.3, -0.25) is 0 Å². The van der Waals surface area contributed by atoms with Crippen LogP contribution in [0.25, 0.3) is 0 Å². The first-order valence-corrected chi connectivity index (χ1v) is 4.40. The molecule has 0 amide bonds. The lowest BCUT2D eigenvalue weighted by Gasteiger charge is -2.10. The van der Waals surface area contributed by atoms with E-state index < -0.39 is 0 Å². The maximum absolute atomic E-state index is 5.89. The second-order valence-corrected chi connectivity index (χ2v) is 3.72. The van der Waals surface area contributed by atoms with Crippen molar-refractivity contribution in [3.8, 4) is 0 Å². The van der Waals surface area contributed by atoms with Crippen molar-refractivity contribution in [3.63, 3.8) is 0 Å². The van der Waals surface area contributed by atoms with Crippen molar-refractivity contribution in [3.05, 3.63) is 24.2 Å². The monoisotopic (exact) mass is 164 g/mol. The number of piperidine rings is 1. The molecule has 0 radical (unpaired) electrons. The zero-order valence-corrected chi connectivity index (χ0v) is 6.73. The minimum Gasteiger partial charge on any atom is -0.468 e. The molecule has 2 fully saturated rings. The Labute approximate surface area is 70.9 Å². The van der Waals surface area contributed by atoms with E-state index in [2.05, 4.69) is 5.32 Å². The van der Waals surface area contributed by atoms with E-state index in [-0.39, 0.29) is 0 Å². The van der Waals surface area contributed by atoms with Gasteiger partial charge in [-0.25, -0.2) is 0 Å². The standard InChI is InChI=1S/C9H12N2O/c10-8-5-4-11-9(7(5)8)6-2-1-3-12-6/h1-3,5,7-9,11H,4,10H2. The van der Waals surface area contributed by atoms with Crippen molar-refractivity contribution in [2.24, 2.45) is 17.6 Å². The molecule has 1 aromatic heterocycles. The highest BCUT2D eigenvalue weighted by Crippen LogP contribution is 2.50. The number of furan rings is 1. The Hall–Kier alpha value is -0.800. The molecular weight excluding hydrogens is 152 g/mol. The predicted molar refractivity (Wildman–Crippen MR) is 44.4 cm³/mol. The summed E-state index contributed by atoms with van der Waals surface area (Å²) in [6.07, 6.45) is 1.72. The summed E-state index contributed by atoms with van der Waals surface area (Å²) in [5.74, 6) is 2.35. The van der Waals surface area contributed by atoms with Crippen LogP contribution in [0.3, 0.4) is 0 Å². The Morgan fingerprint density at radius 3 is 3.08 bits per heavy atom. The highest BCUT2D eigenvalue weighted by Gasteiger charge is 2.57. The molecule has 0 aromatic carbocycles. The van der Waals surface area contributed by atoms with Gasteiger partial charge in [0.1, 0.15) is 5.76 Å². The third-order valence-electron chi connectivity index (χ3n) is 3.10. The van der Waals surface area contributed by atoms with E-state index in [0.717, 1.165) is 12.3 Å². The smallest absolute Gasteiger partial charge is 0.121 e. The van der Waals surface area contributed by atoms with Crippen molar-refractivity contribution in [1.29, 1.82) is 0 Å². The van der Waals surface area contributed by atoms with Crippen molar-refractivity contribution in [2.45, 2.75) is 12.1 Å². The van der Waals surface area contributed by atoms with Crippen LogP contribution in [0, 0.1) is 11.8 Å². The first kappa shape index (κ1) is 6.69. The van der Waals surface area contributed by atoms with Crippen molar-refractivity contribution >= 4 is 0 Å². The lowest BCUT2D eigenvalue weighted by atomic mass is 10.1. The van der Waals surface area contributed by atoms with Crippen LogP contribution in [0.5, 0.6) is 0 Å². The first-order chi connectivity index (χ1) is 5.88. The van der Waals surface area contributed by atoms with Gasteiger partial charge < -0.3 is 15.5 Å². The molecule has 64 valence electrons. The SMILES string of the molecule is NC1C2CNC(c3ccco3)C12. The van der Waals surface area contributed by atoms with Gasteiger partial charge in [-0.2, -0.15) is 0 Å². The van der Waals surface area contributed by atoms with E-state index in [1.54, 1.807) is 6.26 Å². The normalized spacial score (nSPS) is 44.4. The topological polar surface area (TPSA) is 51.2 Å². The molecule has 0 spiro atoms. The summed E-state index contributed by atoms with van der Waals surface area (Å²) in [6, 6.07) is 4.73. The van der Waals surface area contributed by atoms with Crippen LogP contribution in [0.15, 0.2) is 22.8 Å². The van der Waals surface area contributed by atoms with Gasteiger partial charge in [-0.1, -0.05) is 0 Å². The lowest BCUT2D eigenvalue weighted by molar-refractivity contribution is 0.411. The maximum atomic E-state index is 5.89. The van der Waals surface area contributed by atoms with E-state index in [9.17, 15) is 0 Å². The number of hydrogen-bond acceptors (Lipinski definition) is 3. The van der Waals surface area contributed by atoms with E-state index in [1.165, 1.54) is 0 Å². The molecule has 0 bridgehead atoms. The number of nitrogens with two attached hydrogens (primary N) is 1. The van der Waals surface area contributed by atoms with Crippen LogP contribution in [0.4, 0.5) is 0 Å². The Morgan fingerprint density at radius 1 is 1.58 bits per heavy atom. The molecule has 1 saturated carbocycles. The van der Waals surface area contributed by atoms with Gasteiger partial charge in [-0.05, 0) is 18.1 Å². The van der Waals surface area contributed by atoms with Gasteiger partial charge in [0.05, 0.1) is 12.3 Å². The van der Waals surface area contributed by atoms with Gasteiger partial charge in [-0.15, -0.1) is 0 Å². The van der Waals surface area contributed by atoms with Gasteiger partial charge in [0.25, 0.3) is 0 Å². The molecule has 4 unspecified atom stereocenters. The zero-order valence-electron chi connectivity index (χ0n) is 6.73. The summed E-state index contributed by atoms with van der Waals surface area (Å²) < 4.78 is 5.34. The van der Waals surface area contributed by atoms with Crippen molar-refractivity contribution in [1.82, 2.24) is 5.32 Å². The highest BCUT2D eigenvalue weighted by atomic mass is 16.3. The quantitative estimate of drug-likeness (QED) is 0.635. The van der Waals surface area contributed by atoms with Crippen LogP contribution >= 0.6 is 0 Å². The van der Waals surface area contributed by atoms with Gasteiger partial charge in [0, 0.05) is 18.5 Å². The molecule has 4 atom stereocenters. The summed E-state index contributed by atoms with van der Waals surface area (Å²) in [5.41, 5.74) is 5.89. The molecule has 1 aliphatic heterocycles. The summed E-state index contributed by atoms with van der Waals surface area (Å²) in [4.78, 5) is 0. The number of fused-ring (bicyclic) bond motifs is 1. The Kier molecular flexibility index (Phi) is 1.18. The zero-order chi connectivity index (χ0) is 8.13. The molecule has 1 aliphatic carbocycles. The molecule has 3 nitrogen and oxygen atoms in total.